The fraction of sp³-hybridized carbons (Fsp3) is 0.526. The number of hydrogen-bond acceptors (Lipinski definition) is 3. The average Bonchev–Trinajstić information content (AvgIpc) is 3.46. The maximum Gasteiger partial charge on any atom is 0.244 e. The van der Waals surface area contributed by atoms with Crippen molar-refractivity contribution in [2.45, 2.75) is 50.5 Å². The molecule has 3 rings (SSSR count). The zero-order chi connectivity index (χ0) is 17.9. The van der Waals surface area contributed by atoms with Crippen molar-refractivity contribution in [2.75, 3.05) is 13.1 Å². The van der Waals surface area contributed by atoms with E-state index in [9.17, 15) is 13.2 Å². The number of nitrogens with zero attached hydrogens (tertiary/aromatic N) is 1. The van der Waals surface area contributed by atoms with Gasteiger partial charge in [-0.15, -0.1) is 0 Å². The van der Waals surface area contributed by atoms with Crippen LogP contribution in [0.2, 0.25) is 0 Å². The van der Waals surface area contributed by atoms with E-state index in [0.29, 0.717) is 30.4 Å². The van der Waals surface area contributed by atoms with Crippen LogP contribution in [0.1, 0.15) is 44.6 Å². The van der Waals surface area contributed by atoms with Gasteiger partial charge < -0.3 is 5.32 Å². The topological polar surface area (TPSA) is 66.5 Å². The van der Waals surface area contributed by atoms with Gasteiger partial charge in [0.1, 0.15) is 0 Å². The van der Waals surface area contributed by atoms with Crippen LogP contribution in [0.25, 0.3) is 0 Å². The van der Waals surface area contributed by atoms with Crippen LogP contribution in [0.5, 0.6) is 0 Å². The summed E-state index contributed by atoms with van der Waals surface area (Å²) >= 11 is 0. The second-order valence-corrected chi connectivity index (χ2v) is 8.93. The Balaban J connectivity index is 1.58. The monoisotopic (exact) mass is 362 g/mol. The highest BCUT2D eigenvalue weighted by molar-refractivity contribution is 7.89. The second kappa shape index (κ2) is 7.70. The summed E-state index contributed by atoms with van der Waals surface area (Å²) in [5, 5.41) is 2.86. The lowest BCUT2D eigenvalue weighted by Crippen LogP contribution is -2.35. The van der Waals surface area contributed by atoms with E-state index in [1.165, 1.54) is 12.8 Å². The van der Waals surface area contributed by atoms with Crippen LogP contribution in [0.15, 0.2) is 40.8 Å². The maximum atomic E-state index is 12.6. The lowest BCUT2D eigenvalue weighted by atomic mass is 10.2. The fourth-order valence-corrected chi connectivity index (χ4v) is 4.65. The molecular weight excluding hydrogens is 336 g/mol. The number of sulfonamides is 1. The number of carbonyl (C=O) groups is 1. The number of allylic oxidation sites excluding steroid dienone is 1. The molecule has 1 aliphatic carbocycles. The fourth-order valence-electron chi connectivity index (χ4n) is 3.14. The first-order valence-corrected chi connectivity index (χ1v) is 10.5. The van der Waals surface area contributed by atoms with Gasteiger partial charge in [-0.05, 0) is 56.2 Å². The molecular formula is C19H26N2O3S. The van der Waals surface area contributed by atoms with Crippen LogP contribution < -0.4 is 5.32 Å². The zero-order valence-corrected chi connectivity index (χ0v) is 15.5. The molecule has 0 bridgehead atoms. The Labute approximate surface area is 150 Å². The van der Waals surface area contributed by atoms with Gasteiger partial charge in [-0.2, -0.15) is 4.31 Å². The van der Waals surface area contributed by atoms with Gasteiger partial charge in [0.2, 0.25) is 15.9 Å². The normalized spacial score (nSPS) is 19.6. The van der Waals surface area contributed by atoms with Crippen LogP contribution in [0.4, 0.5) is 0 Å². The first kappa shape index (κ1) is 18.1. The molecule has 0 radical (unpaired) electrons. The molecule has 1 aliphatic heterocycles. The molecule has 1 aromatic rings. The summed E-state index contributed by atoms with van der Waals surface area (Å²) in [6.07, 6.45) is 6.99. The smallest absolute Gasteiger partial charge is 0.244 e. The molecule has 0 unspecified atom stereocenters. The van der Waals surface area contributed by atoms with Crippen LogP contribution in [-0.4, -0.2) is 31.7 Å². The largest absolute Gasteiger partial charge is 0.348 e. The highest BCUT2D eigenvalue weighted by Crippen LogP contribution is 2.35. The molecule has 136 valence electrons. The molecule has 5 nitrogen and oxygen atoms in total. The summed E-state index contributed by atoms with van der Waals surface area (Å²) < 4.78 is 26.8. The SMILES string of the molecule is C/C(=C\C(=O)NCc1ccc(S(=O)(=O)N2CCCCC2)cc1)C1CC1. The molecule has 2 fully saturated rings. The van der Waals surface area contributed by atoms with E-state index in [4.69, 9.17) is 0 Å². The van der Waals surface area contributed by atoms with Crippen molar-refractivity contribution in [2.24, 2.45) is 5.92 Å². The van der Waals surface area contributed by atoms with Crippen molar-refractivity contribution in [1.82, 2.24) is 9.62 Å². The van der Waals surface area contributed by atoms with Gasteiger partial charge in [-0.25, -0.2) is 8.42 Å². The van der Waals surface area contributed by atoms with Gasteiger partial charge in [0.05, 0.1) is 4.90 Å². The molecule has 1 aromatic carbocycles. The summed E-state index contributed by atoms with van der Waals surface area (Å²) in [4.78, 5) is 12.2. The summed E-state index contributed by atoms with van der Waals surface area (Å²) in [7, 11) is -3.39. The van der Waals surface area contributed by atoms with Crippen LogP contribution in [-0.2, 0) is 21.4 Å². The number of carbonyl (C=O) groups excluding carboxylic acids is 1. The molecule has 1 saturated carbocycles. The molecule has 1 amide bonds. The van der Waals surface area contributed by atoms with Crippen molar-refractivity contribution >= 4 is 15.9 Å². The zero-order valence-electron chi connectivity index (χ0n) is 14.7. The highest BCUT2D eigenvalue weighted by Gasteiger charge is 2.25. The highest BCUT2D eigenvalue weighted by atomic mass is 32.2. The summed E-state index contributed by atoms with van der Waals surface area (Å²) in [6.45, 7) is 3.61. The molecule has 0 spiro atoms. The molecule has 0 atom stereocenters. The summed E-state index contributed by atoms with van der Waals surface area (Å²) in [6, 6.07) is 6.82. The third-order valence-electron chi connectivity index (χ3n) is 4.92. The van der Waals surface area contributed by atoms with E-state index >= 15 is 0 Å². The number of piperidine rings is 1. The third-order valence-corrected chi connectivity index (χ3v) is 6.84. The minimum atomic E-state index is -3.39. The number of amides is 1. The van der Waals surface area contributed by atoms with E-state index in [1.54, 1.807) is 34.6 Å². The van der Waals surface area contributed by atoms with E-state index < -0.39 is 10.0 Å². The third kappa shape index (κ3) is 4.70. The molecule has 1 saturated heterocycles. The Bertz CT molecular complexity index is 743. The average molecular weight is 362 g/mol. The van der Waals surface area contributed by atoms with Crippen molar-refractivity contribution in [1.29, 1.82) is 0 Å². The minimum absolute atomic E-state index is 0.0885. The van der Waals surface area contributed by atoms with E-state index in [1.807, 2.05) is 6.92 Å². The predicted octanol–water partition coefficient (Wildman–Crippen LogP) is 2.83. The second-order valence-electron chi connectivity index (χ2n) is 6.99. The van der Waals surface area contributed by atoms with E-state index in [2.05, 4.69) is 5.32 Å². The van der Waals surface area contributed by atoms with Crippen LogP contribution in [0, 0.1) is 5.92 Å². The molecule has 1 heterocycles. The number of nitrogens with one attached hydrogen (secondary N) is 1. The van der Waals surface area contributed by atoms with Crippen molar-refractivity contribution in [3.05, 3.63) is 41.5 Å². The standard InChI is InChI=1S/C19H26N2O3S/c1-15(17-7-8-17)13-19(22)20-14-16-5-9-18(10-6-16)25(23,24)21-11-3-2-4-12-21/h5-6,9-10,13,17H,2-4,7-8,11-12,14H2,1H3,(H,20,22)/b15-13+. The van der Waals surface area contributed by atoms with Crippen molar-refractivity contribution in [3.8, 4) is 0 Å². The molecule has 1 N–H and O–H groups in total. The predicted molar refractivity (Wildman–Crippen MR) is 97.4 cm³/mol. The number of rotatable bonds is 6. The van der Waals surface area contributed by atoms with Gasteiger partial charge in [0, 0.05) is 25.7 Å². The quantitative estimate of drug-likeness (QED) is 0.792. The van der Waals surface area contributed by atoms with Gasteiger partial charge in [0.25, 0.3) is 0 Å². The Morgan fingerprint density at radius 2 is 1.80 bits per heavy atom. The van der Waals surface area contributed by atoms with Crippen LogP contribution >= 0.6 is 0 Å². The van der Waals surface area contributed by atoms with Gasteiger partial charge >= 0.3 is 0 Å². The number of benzene rings is 1. The lowest BCUT2D eigenvalue weighted by Gasteiger charge is -2.25. The lowest BCUT2D eigenvalue weighted by molar-refractivity contribution is -0.116. The Morgan fingerprint density at radius 1 is 1.16 bits per heavy atom. The molecule has 2 aliphatic rings. The van der Waals surface area contributed by atoms with Gasteiger partial charge in [-0.1, -0.05) is 24.1 Å². The summed E-state index contributed by atoms with van der Waals surface area (Å²) in [5.74, 6) is 0.499. The Hall–Kier alpha value is -1.66. The molecule has 0 aromatic heterocycles. The number of hydrogen-bond donors (Lipinski definition) is 1. The van der Waals surface area contributed by atoms with Crippen LogP contribution in [0.3, 0.4) is 0 Å². The minimum Gasteiger partial charge on any atom is -0.348 e. The molecule has 6 heteroatoms. The van der Waals surface area contributed by atoms with Crippen molar-refractivity contribution in [3.63, 3.8) is 0 Å². The first-order valence-electron chi connectivity index (χ1n) is 9.02. The van der Waals surface area contributed by atoms with Gasteiger partial charge in [-0.3, -0.25) is 4.79 Å². The Morgan fingerprint density at radius 3 is 2.40 bits per heavy atom. The van der Waals surface area contributed by atoms with Crippen molar-refractivity contribution < 1.29 is 13.2 Å². The van der Waals surface area contributed by atoms with Gasteiger partial charge in [0.15, 0.2) is 0 Å². The van der Waals surface area contributed by atoms with E-state index in [-0.39, 0.29) is 5.91 Å². The maximum absolute atomic E-state index is 12.6. The molecule has 25 heavy (non-hydrogen) atoms. The summed E-state index contributed by atoms with van der Waals surface area (Å²) in [5.41, 5.74) is 2.03. The first-order chi connectivity index (χ1) is 12.0. The van der Waals surface area contributed by atoms with E-state index in [0.717, 1.165) is 30.4 Å². The Kier molecular flexibility index (Phi) is 5.59.